The molecule has 0 aromatic carbocycles. The first-order chi connectivity index (χ1) is 6.15. The standard InChI is InChI=1S/C9H18F3NO/c1-7(14)8(2,3)13-6-4-5-9(10,11)12/h7,13-14H,4-6H2,1-3H3. The average Bonchev–Trinajstić information content (AvgIpc) is 1.96. The second kappa shape index (κ2) is 4.98. The Hall–Kier alpha value is -0.290. The molecule has 0 amide bonds. The van der Waals surface area contributed by atoms with Crippen LogP contribution in [0.4, 0.5) is 13.2 Å². The highest BCUT2D eigenvalue weighted by Crippen LogP contribution is 2.21. The molecule has 0 aromatic heterocycles. The van der Waals surface area contributed by atoms with E-state index < -0.39 is 24.2 Å². The topological polar surface area (TPSA) is 32.3 Å². The van der Waals surface area contributed by atoms with E-state index in [0.29, 0.717) is 0 Å². The molecular weight excluding hydrogens is 195 g/mol. The third-order valence-corrected chi connectivity index (χ3v) is 2.26. The first-order valence-electron chi connectivity index (χ1n) is 4.65. The van der Waals surface area contributed by atoms with Crippen molar-refractivity contribution in [1.82, 2.24) is 5.32 Å². The summed E-state index contributed by atoms with van der Waals surface area (Å²) in [7, 11) is 0. The van der Waals surface area contributed by atoms with Gasteiger partial charge in [-0.05, 0) is 33.7 Å². The molecule has 1 unspecified atom stereocenters. The highest BCUT2D eigenvalue weighted by Gasteiger charge is 2.27. The summed E-state index contributed by atoms with van der Waals surface area (Å²) in [5.74, 6) is 0. The van der Waals surface area contributed by atoms with Gasteiger partial charge in [-0.3, -0.25) is 0 Å². The molecular formula is C9H18F3NO. The predicted molar refractivity (Wildman–Crippen MR) is 49.1 cm³/mol. The predicted octanol–water partition coefficient (Wildman–Crippen LogP) is 2.08. The monoisotopic (exact) mass is 213 g/mol. The summed E-state index contributed by atoms with van der Waals surface area (Å²) in [6.07, 6.45) is -5.42. The van der Waals surface area contributed by atoms with Crippen LogP contribution in [-0.4, -0.2) is 29.5 Å². The smallest absolute Gasteiger partial charge is 0.389 e. The fourth-order valence-corrected chi connectivity index (χ4v) is 0.847. The summed E-state index contributed by atoms with van der Waals surface area (Å²) in [6.45, 7) is 5.38. The van der Waals surface area contributed by atoms with Crippen LogP contribution in [0.5, 0.6) is 0 Å². The van der Waals surface area contributed by atoms with Crippen molar-refractivity contribution in [3.63, 3.8) is 0 Å². The summed E-state index contributed by atoms with van der Waals surface area (Å²) in [6, 6.07) is 0. The van der Waals surface area contributed by atoms with Gasteiger partial charge in [-0.1, -0.05) is 0 Å². The summed E-state index contributed by atoms with van der Waals surface area (Å²) in [5.41, 5.74) is -0.536. The lowest BCUT2D eigenvalue weighted by Crippen LogP contribution is -2.48. The molecule has 0 bridgehead atoms. The van der Waals surface area contributed by atoms with E-state index in [-0.39, 0.29) is 13.0 Å². The summed E-state index contributed by atoms with van der Waals surface area (Å²) in [4.78, 5) is 0. The summed E-state index contributed by atoms with van der Waals surface area (Å²) < 4.78 is 35.3. The molecule has 0 spiro atoms. The first kappa shape index (κ1) is 13.7. The normalized spacial score (nSPS) is 15.6. The largest absolute Gasteiger partial charge is 0.392 e. The molecule has 0 aromatic rings. The average molecular weight is 213 g/mol. The second-order valence-electron chi connectivity index (χ2n) is 4.04. The number of aliphatic hydroxyl groups is 1. The van der Waals surface area contributed by atoms with Crippen LogP contribution in [0, 0.1) is 0 Å². The van der Waals surface area contributed by atoms with Crippen LogP contribution in [0.3, 0.4) is 0 Å². The quantitative estimate of drug-likeness (QED) is 0.685. The number of halogens is 3. The van der Waals surface area contributed by atoms with E-state index in [2.05, 4.69) is 5.32 Å². The van der Waals surface area contributed by atoms with E-state index in [1.807, 2.05) is 0 Å². The number of alkyl halides is 3. The van der Waals surface area contributed by atoms with Crippen molar-refractivity contribution in [2.24, 2.45) is 0 Å². The lowest BCUT2D eigenvalue weighted by atomic mass is 9.99. The molecule has 0 saturated carbocycles. The number of hydrogen-bond donors (Lipinski definition) is 2. The molecule has 14 heavy (non-hydrogen) atoms. The number of rotatable bonds is 5. The van der Waals surface area contributed by atoms with E-state index in [1.54, 1.807) is 20.8 Å². The van der Waals surface area contributed by atoms with E-state index in [1.165, 1.54) is 0 Å². The SMILES string of the molecule is CC(O)C(C)(C)NCCCC(F)(F)F. The van der Waals surface area contributed by atoms with Gasteiger partial charge >= 0.3 is 6.18 Å². The van der Waals surface area contributed by atoms with Crippen LogP contribution < -0.4 is 5.32 Å². The van der Waals surface area contributed by atoms with Crippen molar-refractivity contribution >= 4 is 0 Å². The third kappa shape index (κ3) is 6.21. The molecule has 0 fully saturated rings. The molecule has 2 nitrogen and oxygen atoms in total. The molecule has 1 atom stereocenters. The van der Waals surface area contributed by atoms with Gasteiger partial charge in [0.1, 0.15) is 0 Å². The molecule has 0 aliphatic carbocycles. The summed E-state index contributed by atoms with van der Waals surface area (Å²) in [5, 5.41) is 12.1. The van der Waals surface area contributed by atoms with Crippen LogP contribution in [-0.2, 0) is 0 Å². The van der Waals surface area contributed by atoms with E-state index >= 15 is 0 Å². The fourth-order valence-electron chi connectivity index (χ4n) is 0.847. The van der Waals surface area contributed by atoms with Crippen molar-refractivity contribution in [2.45, 2.75) is 51.4 Å². The van der Waals surface area contributed by atoms with E-state index in [4.69, 9.17) is 0 Å². The van der Waals surface area contributed by atoms with Crippen LogP contribution >= 0.6 is 0 Å². The van der Waals surface area contributed by atoms with Crippen LogP contribution in [0.25, 0.3) is 0 Å². The maximum Gasteiger partial charge on any atom is 0.389 e. The Balaban J connectivity index is 3.65. The zero-order chi connectivity index (χ0) is 11.4. The fraction of sp³-hybridized carbons (Fsp3) is 1.00. The molecule has 0 aliphatic rings. The Labute approximate surface area is 82.5 Å². The van der Waals surface area contributed by atoms with E-state index in [0.717, 1.165) is 0 Å². The maximum atomic E-state index is 11.8. The van der Waals surface area contributed by atoms with Gasteiger partial charge in [0, 0.05) is 12.0 Å². The third-order valence-electron chi connectivity index (χ3n) is 2.26. The number of aliphatic hydroxyl groups excluding tert-OH is 1. The van der Waals surface area contributed by atoms with Crippen LogP contribution in [0.15, 0.2) is 0 Å². The molecule has 0 rings (SSSR count). The van der Waals surface area contributed by atoms with Gasteiger partial charge in [-0.25, -0.2) is 0 Å². The maximum absolute atomic E-state index is 11.8. The molecule has 0 saturated heterocycles. The first-order valence-corrected chi connectivity index (χ1v) is 4.65. The lowest BCUT2D eigenvalue weighted by Gasteiger charge is -2.29. The molecule has 0 radical (unpaired) electrons. The van der Waals surface area contributed by atoms with Crippen molar-refractivity contribution < 1.29 is 18.3 Å². The zero-order valence-electron chi connectivity index (χ0n) is 8.78. The second-order valence-corrected chi connectivity index (χ2v) is 4.04. The molecule has 86 valence electrons. The Bertz CT molecular complexity index is 166. The van der Waals surface area contributed by atoms with Crippen molar-refractivity contribution in [1.29, 1.82) is 0 Å². The van der Waals surface area contributed by atoms with Crippen LogP contribution in [0.1, 0.15) is 33.6 Å². The minimum absolute atomic E-state index is 0.0413. The number of hydrogen-bond acceptors (Lipinski definition) is 2. The minimum Gasteiger partial charge on any atom is -0.392 e. The molecule has 2 N–H and O–H groups in total. The minimum atomic E-state index is -4.09. The Morgan fingerprint density at radius 1 is 1.29 bits per heavy atom. The van der Waals surface area contributed by atoms with Crippen LogP contribution in [0.2, 0.25) is 0 Å². The van der Waals surface area contributed by atoms with Gasteiger partial charge in [0.05, 0.1) is 6.10 Å². The zero-order valence-corrected chi connectivity index (χ0v) is 8.78. The van der Waals surface area contributed by atoms with Crippen molar-refractivity contribution in [2.75, 3.05) is 6.54 Å². The van der Waals surface area contributed by atoms with Crippen molar-refractivity contribution in [3.05, 3.63) is 0 Å². The van der Waals surface area contributed by atoms with Gasteiger partial charge in [0.25, 0.3) is 0 Å². The Morgan fingerprint density at radius 2 is 1.79 bits per heavy atom. The Kier molecular flexibility index (Phi) is 4.88. The van der Waals surface area contributed by atoms with Crippen molar-refractivity contribution in [3.8, 4) is 0 Å². The van der Waals surface area contributed by atoms with Gasteiger partial charge in [0.2, 0.25) is 0 Å². The lowest BCUT2D eigenvalue weighted by molar-refractivity contribution is -0.135. The summed E-state index contributed by atoms with van der Waals surface area (Å²) >= 11 is 0. The molecule has 0 heterocycles. The van der Waals surface area contributed by atoms with Gasteiger partial charge < -0.3 is 10.4 Å². The highest BCUT2D eigenvalue weighted by atomic mass is 19.4. The molecule has 0 aliphatic heterocycles. The number of nitrogens with one attached hydrogen (secondary N) is 1. The van der Waals surface area contributed by atoms with Gasteiger partial charge in [-0.15, -0.1) is 0 Å². The highest BCUT2D eigenvalue weighted by molar-refractivity contribution is 4.82. The Morgan fingerprint density at radius 3 is 2.14 bits per heavy atom. The van der Waals surface area contributed by atoms with E-state index in [9.17, 15) is 18.3 Å². The van der Waals surface area contributed by atoms with Gasteiger partial charge in [-0.2, -0.15) is 13.2 Å². The van der Waals surface area contributed by atoms with Gasteiger partial charge in [0.15, 0.2) is 0 Å². The molecule has 5 heteroatoms.